The van der Waals surface area contributed by atoms with Crippen LogP contribution in [-0.2, 0) is 9.63 Å². The van der Waals surface area contributed by atoms with Crippen LogP contribution in [0.4, 0.5) is 0 Å². The Kier molecular flexibility index (Phi) is 3.78. The van der Waals surface area contributed by atoms with Crippen molar-refractivity contribution in [3.8, 4) is 5.75 Å². The highest BCUT2D eigenvalue weighted by Gasteiger charge is 2.46. The predicted octanol–water partition coefficient (Wildman–Crippen LogP) is 1.46. The summed E-state index contributed by atoms with van der Waals surface area (Å²) in [5, 5.41) is 1.32. The van der Waals surface area contributed by atoms with E-state index in [9.17, 15) is 9.59 Å². The van der Waals surface area contributed by atoms with E-state index in [4.69, 9.17) is 9.57 Å². The lowest BCUT2D eigenvalue weighted by molar-refractivity contribution is -0.197. The first-order valence-electron chi connectivity index (χ1n) is 7.42. The number of amides is 2. The molecule has 2 aliphatic heterocycles. The standard InChI is InChI=1S/C16H20N2O4/c1-17-14(19)11-16(22-17)7-9-18(10-8-16)15(20)12-3-5-13(21-2)6-4-12/h3-6H,7-11H2,1-2H3. The van der Waals surface area contributed by atoms with Crippen LogP contribution in [0.1, 0.15) is 29.6 Å². The fourth-order valence-electron chi connectivity index (χ4n) is 3.06. The summed E-state index contributed by atoms with van der Waals surface area (Å²) in [6, 6.07) is 7.11. The van der Waals surface area contributed by atoms with Crippen LogP contribution in [0.15, 0.2) is 24.3 Å². The van der Waals surface area contributed by atoms with Gasteiger partial charge < -0.3 is 9.64 Å². The number of rotatable bonds is 2. The number of carbonyl (C=O) groups excluding carboxylic acids is 2. The van der Waals surface area contributed by atoms with Gasteiger partial charge in [0, 0.05) is 25.7 Å². The van der Waals surface area contributed by atoms with Crippen LogP contribution in [0, 0.1) is 0 Å². The fraction of sp³-hybridized carbons (Fsp3) is 0.500. The molecular formula is C16H20N2O4. The molecule has 1 aromatic rings. The second-order valence-corrected chi connectivity index (χ2v) is 5.86. The number of methoxy groups -OCH3 is 1. The number of carbonyl (C=O) groups is 2. The number of nitrogens with zero attached hydrogens (tertiary/aromatic N) is 2. The van der Waals surface area contributed by atoms with Crippen LogP contribution in [0.2, 0.25) is 0 Å². The largest absolute Gasteiger partial charge is 0.497 e. The lowest BCUT2D eigenvalue weighted by Gasteiger charge is -2.37. The molecule has 2 saturated heterocycles. The molecule has 22 heavy (non-hydrogen) atoms. The van der Waals surface area contributed by atoms with Crippen molar-refractivity contribution in [2.75, 3.05) is 27.2 Å². The third-order valence-electron chi connectivity index (χ3n) is 4.45. The Morgan fingerprint density at radius 2 is 1.86 bits per heavy atom. The number of ether oxygens (including phenoxy) is 1. The maximum Gasteiger partial charge on any atom is 0.253 e. The molecule has 2 fully saturated rings. The van der Waals surface area contributed by atoms with Gasteiger partial charge in [0.15, 0.2) is 0 Å². The van der Waals surface area contributed by atoms with Crippen LogP contribution in [0.25, 0.3) is 0 Å². The molecule has 0 aliphatic carbocycles. The van der Waals surface area contributed by atoms with E-state index in [2.05, 4.69) is 0 Å². The molecule has 0 radical (unpaired) electrons. The van der Waals surface area contributed by atoms with Crippen molar-refractivity contribution in [1.29, 1.82) is 0 Å². The zero-order valence-corrected chi connectivity index (χ0v) is 12.9. The molecule has 1 spiro atoms. The number of hydrogen-bond donors (Lipinski definition) is 0. The Morgan fingerprint density at radius 1 is 1.23 bits per heavy atom. The minimum atomic E-state index is -0.414. The Hall–Kier alpha value is -2.08. The van der Waals surface area contributed by atoms with Gasteiger partial charge >= 0.3 is 0 Å². The summed E-state index contributed by atoms with van der Waals surface area (Å²) >= 11 is 0. The zero-order chi connectivity index (χ0) is 15.7. The number of hydroxylamine groups is 2. The topological polar surface area (TPSA) is 59.1 Å². The average molecular weight is 304 g/mol. The highest BCUT2D eigenvalue weighted by molar-refractivity contribution is 5.94. The quantitative estimate of drug-likeness (QED) is 0.830. The second-order valence-electron chi connectivity index (χ2n) is 5.86. The predicted molar refractivity (Wildman–Crippen MR) is 79.3 cm³/mol. The monoisotopic (exact) mass is 304 g/mol. The van der Waals surface area contributed by atoms with Crippen LogP contribution < -0.4 is 4.74 Å². The molecule has 6 heteroatoms. The van der Waals surface area contributed by atoms with E-state index >= 15 is 0 Å². The summed E-state index contributed by atoms with van der Waals surface area (Å²) in [6.07, 6.45) is 1.78. The van der Waals surface area contributed by atoms with E-state index in [1.54, 1.807) is 38.4 Å². The van der Waals surface area contributed by atoms with E-state index < -0.39 is 5.60 Å². The Morgan fingerprint density at radius 3 is 2.36 bits per heavy atom. The normalized spacial score (nSPS) is 20.5. The minimum Gasteiger partial charge on any atom is -0.497 e. The van der Waals surface area contributed by atoms with E-state index in [0.717, 1.165) is 5.75 Å². The Labute approximate surface area is 129 Å². The molecule has 0 unspecified atom stereocenters. The van der Waals surface area contributed by atoms with Crippen molar-refractivity contribution >= 4 is 11.8 Å². The molecule has 0 atom stereocenters. The molecule has 2 heterocycles. The van der Waals surface area contributed by atoms with Crippen molar-refractivity contribution in [2.45, 2.75) is 24.9 Å². The Balaban J connectivity index is 1.63. The van der Waals surface area contributed by atoms with Gasteiger partial charge in [0.1, 0.15) is 11.4 Å². The van der Waals surface area contributed by atoms with E-state index in [0.29, 0.717) is 37.9 Å². The van der Waals surface area contributed by atoms with E-state index in [1.807, 2.05) is 4.90 Å². The maximum atomic E-state index is 12.5. The molecule has 2 aliphatic rings. The van der Waals surface area contributed by atoms with Gasteiger partial charge in [-0.2, -0.15) is 0 Å². The SMILES string of the molecule is COc1ccc(C(=O)N2CCC3(CC2)CC(=O)N(C)O3)cc1. The molecule has 0 aromatic heterocycles. The van der Waals surface area contributed by atoms with Crippen molar-refractivity contribution in [2.24, 2.45) is 0 Å². The Bertz CT molecular complexity index is 576. The zero-order valence-electron chi connectivity index (χ0n) is 12.9. The molecule has 118 valence electrons. The first kappa shape index (κ1) is 14.8. The third kappa shape index (κ3) is 2.66. The summed E-state index contributed by atoms with van der Waals surface area (Å²) < 4.78 is 5.10. The number of likely N-dealkylation sites (tertiary alicyclic amines) is 1. The molecule has 1 aromatic carbocycles. The van der Waals surface area contributed by atoms with Crippen LogP contribution >= 0.6 is 0 Å². The van der Waals surface area contributed by atoms with Gasteiger partial charge in [0.25, 0.3) is 5.91 Å². The van der Waals surface area contributed by atoms with E-state index in [-0.39, 0.29) is 11.8 Å². The number of hydrogen-bond acceptors (Lipinski definition) is 4. The van der Waals surface area contributed by atoms with Crippen LogP contribution in [0.3, 0.4) is 0 Å². The van der Waals surface area contributed by atoms with E-state index in [1.165, 1.54) is 5.06 Å². The van der Waals surface area contributed by atoms with Gasteiger partial charge in [0.05, 0.1) is 13.5 Å². The first-order chi connectivity index (χ1) is 10.5. The molecular weight excluding hydrogens is 284 g/mol. The fourth-order valence-corrected chi connectivity index (χ4v) is 3.06. The summed E-state index contributed by atoms with van der Waals surface area (Å²) in [5.74, 6) is 0.750. The molecule has 2 amide bonds. The van der Waals surface area contributed by atoms with Crippen molar-refractivity contribution < 1.29 is 19.2 Å². The smallest absolute Gasteiger partial charge is 0.253 e. The third-order valence-corrected chi connectivity index (χ3v) is 4.45. The summed E-state index contributed by atoms with van der Waals surface area (Å²) in [6.45, 7) is 1.21. The average Bonchev–Trinajstić information content (AvgIpc) is 2.81. The van der Waals surface area contributed by atoms with Gasteiger partial charge in [-0.3, -0.25) is 14.4 Å². The van der Waals surface area contributed by atoms with Crippen LogP contribution in [-0.4, -0.2) is 54.6 Å². The molecule has 6 nitrogen and oxygen atoms in total. The summed E-state index contributed by atoms with van der Waals surface area (Å²) in [7, 11) is 3.24. The summed E-state index contributed by atoms with van der Waals surface area (Å²) in [4.78, 5) is 31.7. The molecule has 0 saturated carbocycles. The maximum absolute atomic E-state index is 12.5. The van der Waals surface area contributed by atoms with Crippen LogP contribution in [0.5, 0.6) is 5.75 Å². The van der Waals surface area contributed by atoms with Gasteiger partial charge in [-0.1, -0.05) is 0 Å². The first-order valence-corrected chi connectivity index (χ1v) is 7.42. The van der Waals surface area contributed by atoms with Gasteiger partial charge in [-0.25, -0.2) is 5.06 Å². The summed E-state index contributed by atoms with van der Waals surface area (Å²) in [5.41, 5.74) is 0.236. The van der Waals surface area contributed by atoms with Gasteiger partial charge in [-0.15, -0.1) is 0 Å². The van der Waals surface area contributed by atoms with Crippen molar-refractivity contribution in [3.63, 3.8) is 0 Å². The second kappa shape index (κ2) is 5.61. The molecule has 0 bridgehead atoms. The van der Waals surface area contributed by atoms with Crippen molar-refractivity contribution in [1.82, 2.24) is 9.96 Å². The van der Waals surface area contributed by atoms with Gasteiger partial charge in [-0.05, 0) is 37.1 Å². The molecule has 3 rings (SSSR count). The highest BCUT2D eigenvalue weighted by Crippen LogP contribution is 2.36. The van der Waals surface area contributed by atoms with Gasteiger partial charge in [0.2, 0.25) is 5.91 Å². The number of piperidine rings is 1. The molecule has 0 N–H and O–H groups in total. The minimum absolute atomic E-state index is 0.00920. The lowest BCUT2D eigenvalue weighted by atomic mass is 9.88. The highest BCUT2D eigenvalue weighted by atomic mass is 16.7. The van der Waals surface area contributed by atoms with Crippen molar-refractivity contribution in [3.05, 3.63) is 29.8 Å². The number of benzene rings is 1. The lowest BCUT2D eigenvalue weighted by Crippen LogP contribution is -2.46.